The molecule has 0 bridgehead atoms. The molecule has 2 nitrogen and oxygen atoms in total. The first-order valence-electron chi connectivity index (χ1n) is 2.82. The van der Waals surface area contributed by atoms with E-state index in [-0.39, 0.29) is 0 Å². The van der Waals surface area contributed by atoms with Crippen LogP contribution in [0, 0.1) is 0 Å². The number of aromatic nitrogens is 1. The normalized spacial score (nSPS) is 9.30. The molecule has 0 N–H and O–H groups in total. The van der Waals surface area contributed by atoms with Gasteiger partial charge in [-0.1, -0.05) is 11.5 Å². The summed E-state index contributed by atoms with van der Waals surface area (Å²) >= 11 is 5.15. The van der Waals surface area contributed by atoms with Gasteiger partial charge in [0, 0.05) is 6.20 Å². The van der Waals surface area contributed by atoms with E-state index < -0.39 is 5.24 Å². The van der Waals surface area contributed by atoms with Crippen molar-refractivity contribution in [1.29, 1.82) is 0 Å². The molecule has 4 heteroatoms. The van der Waals surface area contributed by atoms with Crippen LogP contribution in [-0.4, -0.2) is 18.1 Å². The molecule has 0 atom stereocenters. The second kappa shape index (κ2) is 2.84. The standard InChI is InChI=1S/C6H5BClNO/c7-4-1-2-5(6(8)10)9-3-4/h1-3H,7H2. The second-order valence-electron chi connectivity index (χ2n) is 1.99. The van der Waals surface area contributed by atoms with E-state index in [1.807, 2.05) is 7.85 Å². The fourth-order valence-corrected chi connectivity index (χ4v) is 0.696. The first-order chi connectivity index (χ1) is 4.70. The van der Waals surface area contributed by atoms with E-state index in [1.165, 1.54) is 0 Å². The molecular weight excluding hydrogens is 148 g/mol. The van der Waals surface area contributed by atoms with Crippen LogP contribution in [0.2, 0.25) is 0 Å². The Kier molecular flexibility index (Phi) is 2.07. The molecule has 0 aliphatic rings. The Morgan fingerprint density at radius 2 is 2.30 bits per heavy atom. The summed E-state index contributed by atoms with van der Waals surface area (Å²) in [5, 5.41) is -0.514. The molecule has 0 aliphatic carbocycles. The Bertz CT molecular complexity index is 246. The van der Waals surface area contributed by atoms with Gasteiger partial charge in [0.05, 0.1) is 0 Å². The summed E-state index contributed by atoms with van der Waals surface area (Å²) in [5.74, 6) is 0. The average Bonchev–Trinajstić information content (AvgIpc) is 1.88. The van der Waals surface area contributed by atoms with Crippen molar-refractivity contribution < 1.29 is 4.79 Å². The van der Waals surface area contributed by atoms with E-state index in [4.69, 9.17) is 11.6 Å². The zero-order chi connectivity index (χ0) is 7.56. The van der Waals surface area contributed by atoms with Gasteiger partial charge in [0.1, 0.15) is 13.5 Å². The van der Waals surface area contributed by atoms with Crippen molar-refractivity contribution in [2.75, 3.05) is 0 Å². The van der Waals surface area contributed by atoms with Crippen molar-refractivity contribution in [1.82, 2.24) is 4.98 Å². The van der Waals surface area contributed by atoms with E-state index in [1.54, 1.807) is 18.3 Å². The first-order valence-corrected chi connectivity index (χ1v) is 3.20. The van der Waals surface area contributed by atoms with Crippen molar-refractivity contribution in [2.24, 2.45) is 0 Å². The zero-order valence-electron chi connectivity index (χ0n) is 5.47. The van der Waals surface area contributed by atoms with Gasteiger partial charge in [-0.05, 0) is 17.7 Å². The van der Waals surface area contributed by atoms with Crippen LogP contribution in [0.5, 0.6) is 0 Å². The van der Waals surface area contributed by atoms with Crippen LogP contribution in [-0.2, 0) is 0 Å². The summed E-state index contributed by atoms with van der Waals surface area (Å²) in [5.41, 5.74) is 1.31. The lowest BCUT2D eigenvalue weighted by Crippen LogP contribution is -2.04. The van der Waals surface area contributed by atoms with Gasteiger partial charge in [-0.3, -0.25) is 9.78 Å². The predicted molar refractivity (Wildman–Crippen MR) is 42.6 cm³/mol. The van der Waals surface area contributed by atoms with E-state index >= 15 is 0 Å². The van der Waals surface area contributed by atoms with Crippen LogP contribution in [0.25, 0.3) is 0 Å². The molecule has 0 saturated heterocycles. The molecule has 10 heavy (non-hydrogen) atoms. The predicted octanol–water partition coefficient (Wildman–Crippen LogP) is -0.281. The Balaban J connectivity index is 3.00. The number of halogens is 1. The number of carbonyl (C=O) groups excluding carboxylic acids is 1. The van der Waals surface area contributed by atoms with Crippen LogP contribution in [0.4, 0.5) is 0 Å². The summed E-state index contributed by atoms with van der Waals surface area (Å²) in [6.07, 6.45) is 1.61. The van der Waals surface area contributed by atoms with E-state index in [9.17, 15) is 4.79 Å². The van der Waals surface area contributed by atoms with Gasteiger partial charge in [-0.2, -0.15) is 0 Å². The van der Waals surface area contributed by atoms with E-state index in [0.717, 1.165) is 5.46 Å². The topological polar surface area (TPSA) is 30.0 Å². The van der Waals surface area contributed by atoms with Gasteiger partial charge in [-0.15, -0.1) is 0 Å². The Morgan fingerprint density at radius 1 is 1.60 bits per heavy atom. The maximum Gasteiger partial charge on any atom is 0.270 e. The third-order valence-electron chi connectivity index (χ3n) is 1.11. The molecular formula is C6H5BClNO. The minimum absolute atomic E-state index is 0.298. The van der Waals surface area contributed by atoms with Gasteiger partial charge in [0.15, 0.2) is 0 Å². The quantitative estimate of drug-likeness (QED) is 0.410. The van der Waals surface area contributed by atoms with Gasteiger partial charge in [-0.25, -0.2) is 0 Å². The molecule has 0 radical (unpaired) electrons. The second-order valence-corrected chi connectivity index (χ2v) is 2.34. The van der Waals surface area contributed by atoms with Crippen LogP contribution in [0.15, 0.2) is 18.3 Å². The largest absolute Gasteiger partial charge is 0.274 e. The molecule has 1 rings (SSSR count). The molecule has 0 fully saturated rings. The highest BCUT2D eigenvalue weighted by molar-refractivity contribution is 6.67. The van der Waals surface area contributed by atoms with Gasteiger partial charge in [0.2, 0.25) is 0 Å². The van der Waals surface area contributed by atoms with Gasteiger partial charge in [0.25, 0.3) is 5.24 Å². The van der Waals surface area contributed by atoms with Crippen molar-refractivity contribution in [3.8, 4) is 0 Å². The molecule has 0 aromatic carbocycles. The fourth-order valence-electron chi connectivity index (χ4n) is 0.584. The maximum atomic E-state index is 10.5. The monoisotopic (exact) mass is 153 g/mol. The van der Waals surface area contributed by atoms with Crippen LogP contribution >= 0.6 is 11.6 Å². The number of pyridine rings is 1. The Morgan fingerprint density at radius 3 is 2.70 bits per heavy atom. The summed E-state index contributed by atoms with van der Waals surface area (Å²) in [6.45, 7) is 0. The number of hydrogen-bond donors (Lipinski definition) is 0. The highest BCUT2D eigenvalue weighted by Crippen LogP contribution is 1.95. The number of hydrogen-bond acceptors (Lipinski definition) is 2. The lowest BCUT2D eigenvalue weighted by Gasteiger charge is -1.91. The average molecular weight is 153 g/mol. The number of rotatable bonds is 1. The lowest BCUT2D eigenvalue weighted by molar-refractivity contribution is 0.107. The number of carbonyl (C=O) groups is 1. The molecule has 1 aromatic heterocycles. The molecule has 1 aromatic rings. The highest BCUT2D eigenvalue weighted by Gasteiger charge is 1.99. The molecule has 0 amide bonds. The first kappa shape index (κ1) is 7.28. The molecule has 0 saturated carbocycles. The summed E-state index contributed by atoms with van der Waals surface area (Å²) in [4.78, 5) is 14.3. The Hall–Kier alpha value is -0.825. The Labute approximate surface area is 64.6 Å². The minimum Gasteiger partial charge on any atom is -0.274 e. The molecule has 0 unspecified atom stereocenters. The number of nitrogens with zero attached hydrogens (tertiary/aromatic N) is 1. The SMILES string of the molecule is Bc1ccc(C(=O)Cl)nc1. The maximum absolute atomic E-state index is 10.5. The molecule has 1 heterocycles. The zero-order valence-corrected chi connectivity index (χ0v) is 6.22. The molecule has 50 valence electrons. The van der Waals surface area contributed by atoms with E-state index in [2.05, 4.69) is 4.98 Å². The summed E-state index contributed by atoms with van der Waals surface area (Å²) in [7, 11) is 1.90. The highest BCUT2D eigenvalue weighted by atomic mass is 35.5. The molecule has 0 aliphatic heterocycles. The van der Waals surface area contributed by atoms with Gasteiger partial charge < -0.3 is 0 Å². The van der Waals surface area contributed by atoms with Crippen LogP contribution < -0.4 is 5.46 Å². The third-order valence-corrected chi connectivity index (χ3v) is 1.31. The van der Waals surface area contributed by atoms with Crippen molar-refractivity contribution >= 4 is 30.2 Å². The fraction of sp³-hybridized carbons (Fsp3) is 0. The summed E-state index contributed by atoms with van der Waals surface area (Å²) in [6, 6.07) is 3.40. The minimum atomic E-state index is -0.514. The van der Waals surface area contributed by atoms with E-state index in [0.29, 0.717) is 5.69 Å². The van der Waals surface area contributed by atoms with Crippen molar-refractivity contribution in [2.45, 2.75) is 0 Å². The molecule has 0 spiro atoms. The van der Waals surface area contributed by atoms with Crippen molar-refractivity contribution in [3.63, 3.8) is 0 Å². The van der Waals surface area contributed by atoms with Gasteiger partial charge >= 0.3 is 0 Å². The smallest absolute Gasteiger partial charge is 0.270 e. The van der Waals surface area contributed by atoms with Crippen molar-refractivity contribution in [3.05, 3.63) is 24.0 Å². The lowest BCUT2D eigenvalue weighted by atomic mass is 9.99. The van der Waals surface area contributed by atoms with Crippen LogP contribution in [0.1, 0.15) is 10.5 Å². The van der Waals surface area contributed by atoms with Crippen LogP contribution in [0.3, 0.4) is 0 Å². The third kappa shape index (κ3) is 1.58. The summed E-state index contributed by atoms with van der Waals surface area (Å²) < 4.78 is 0.